The van der Waals surface area contributed by atoms with Crippen molar-refractivity contribution in [2.45, 2.75) is 39.2 Å². The maximum absolute atomic E-state index is 11.6. The molecule has 0 aromatic rings. The van der Waals surface area contributed by atoms with Crippen LogP contribution in [0.25, 0.3) is 0 Å². The second-order valence-corrected chi connectivity index (χ2v) is 6.55. The summed E-state index contributed by atoms with van der Waals surface area (Å²) >= 11 is 0. The highest BCUT2D eigenvalue weighted by Gasteiger charge is 2.30. The number of aliphatic carboxylic acids is 1. The maximum atomic E-state index is 11.6. The minimum atomic E-state index is -0.785. The zero-order chi connectivity index (χ0) is 15.3. The van der Waals surface area contributed by atoms with Gasteiger partial charge < -0.3 is 20.1 Å². The Bertz CT molecular complexity index is 352. The minimum Gasteiger partial charge on any atom is -0.481 e. The summed E-state index contributed by atoms with van der Waals surface area (Å²) in [4.78, 5) is 24.7. The number of hydrogen-bond donors (Lipinski definition) is 2. The number of amides is 1. The van der Waals surface area contributed by atoms with Gasteiger partial charge in [-0.05, 0) is 52.6 Å². The lowest BCUT2D eigenvalue weighted by Crippen LogP contribution is -2.44. The van der Waals surface area contributed by atoms with Crippen LogP contribution in [0.15, 0.2) is 0 Å². The molecule has 1 aliphatic rings. The van der Waals surface area contributed by atoms with Crippen molar-refractivity contribution in [2.24, 2.45) is 11.8 Å². The van der Waals surface area contributed by atoms with Crippen molar-refractivity contribution in [1.29, 1.82) is 0 Å². The summed E-state index contributed by atoms with van der Waals surface area (Å²) in [5, 5.41) is 11.7. The van der Waals surface area contributed by atoms with E-state index in [1.807, 2.05) is 27.8 Å². The molecule has 6 nitrogen and oxygen atoms in total. The molecular weight excluding hydrogens is 260 g/mol. The summed E-state index contributed by atoms with van der Waals surface area (Å²) in [7, 11) is 1.99. The van der Waals surface area contributed by atoms with Gasteiger partial charge in [0.05, 0.1) is 0 Å². The van der Waals surface area contributed by atoms with Crippen molar-refractivity contribution in [3.63, 3.8) is 0 Å². The van der Waals surface area contributed by atoms with Crippen LogP contribution in [0.1, 0.15) is 33.6 Å². The number of likely N-dealkylation sites (tertiary alicyclic amines) is 1. The predicted molar refractivity (Wildman–Crippen MR) is 75.6 cm³/mol. The number of nitrogens with one attached hydrogen (secondary N) is 1. The van der Waals surface area contributed by atoms with E-state index >= 15 is 0 Å². The topological polar surface area (TPSA) is 78.9 Å². The average molecular weight is 286 g/mol. The molecule has 1 rings (SSSR count). The molecule has 1 aliphatic heterocycles. The average Bonchev–Trinajstić information content (AvgIpc) is 2.24. The second kappa shape index (κ2) is 6.92. The van der Waals surface area contributed by atoms with Gasteiger partial charge >= 0.3 is 12.1 Å². The summed E-state index contributed by atoms with van der Waals surface area (Å²) in [6.07, 6.45) is 0.598. The van der Waals surface area contributed by atoms with E-state index < -0.39 is 17.7 Å². The number of alkyl carbamates (subject to hydrolysis) is 1. The highest BCUT2D eigenvalue weighted by Crippen LogP contribution is 2.25. The van der Waals surface area contributed by atoms with Crippen LogP contribution < -0.4 is 5.32 Å². The van der Waals surface area contributed by atoms with Crippen LogP contribution in [0.2, 0.25) is 0 Å². The third-order valence-corrected chi connectivity index (χ3v) is 3.44. The van der Waals surface area contributed by atoms with Gasteiger partial charge in [0.15, 0.2) is 0 Å². The fraction of sp³-hybridized carbons (Fsp3) is 0.857. The van der Waals surface area contributed by atoms with Crippen molar-refractivity contribution in [1.82, 2.24) is 10.2 Å². The van der Waals surface area contributed by atoms with Crippen molar-refractivity contribution >= 4 is 12.1 Å². The number of carboxylic acids is 1. The summed E-state index contributed by atoms with van der Waals surface area (Å²) < 4.78 is 5.19. The fourth-order valence-electron chi connectivity index (χ4n) is 2.52. The normalized spacial score (nSPS) is 24.2. The Hall–Kier alpha value is -1.30. The van der Waals surface area contributed by atoms with E-state index in [1.165, 1.54) is 0 Å². The Kier molecular flexibility index (Phi) is 5.80. The number of rotatable bonds is 4. The Morgan fingerprint density at radius 3 is 2.55 bits per heavy atom. The zero-order valence-corrected chi connectivity index (χ0v) is 12.8. The van der Waals surface area contributed by atoms with Gasteiger partial charge in [-0.1, -0.05) is 0 Å². The predicted octanol–water partition coefficient (Wildman–Crippen LogP) is 1.55. The van der Waals surface area contributed by atoms with Gasteiger partial charge in [-0.15, -0.1) is 0 Å². The summed E-state index contributed by atoms with van der Waals surface area (Å²) in [6.45, 7) is 7.60. The Balaban J connectivity index is 2.47. The molecule has 0 saturated carbocycles. The number of piperidine rings is 1. The molecule has 116 valence electrons. The number of nitrogens with zero attached hydrogens (tertiary/aromatic N) is 1. The molecule has 0 spiro atoms. The van der Waals surface area contributed by atoms with E-state index in [1.54, 1.807) is 0 Å². The van der Waals surface area contributed by atoms with Crippen LogP contribution in [0.4, 0.5) is 4.79 Å². The van der Waals surface area contributed by atoms with E-state index in [0.717, 1.165) is 19.5 Å². The summed E-state index contributed by atoms with van der Waals surface area (Å²) in [5.41, 5.74) is -0.517. The number of carboxylic acid groups (broad SMARTS) is 1. The molecule has 1 amide bonds. The van der Waals surface area contributed by atoms with Crippen LogP contribution in [-0.4, -0.2) is 54.4 Å². The molecule has 0 bridgehead atoms. The molecule has 6 heteroatoms. The van der Waals surface area contributed by atoms with E-state index in [2.05, 4.69) is 10.2 Å². The largest absolute Gasteiger partial charge is 0.481 e. The second-order valence-electron chi connectivity index (χ2n) is 6.55. The molecule has 2 atom stereocenters. The fourth-order valence-corrected chi connectivity index (χ4v) is 2.52. The van der Waals surface area contributed by atoms with E-state index in [-0.39, 0.29) is 18.3 Å². The van der Waals surface area contributed by atoms with E-state index in [4.69, 9.17) is 9.84 Å². The lowest BCUT2D eigenvalue weighted by atomic mass is 9.83. The molecule has 0 radical (unpaired) electrons. The first-order valence-corrected chi connectivity index (χ1v) is 7.04. The van der Waals surface area contributed by atoms with E-state index in [0.29, 0.717) is 6.54 Å². The first-order chi connectivity index (χ1) is 9.17. The number of carbonyl (C=O) groups excluding carboxylic acids is 1. The molecule has 1 fully saturated rings. The zero-order valence-electron chi connectivity index (χ0n) is 12.8. The Morgan fingerprint density at radius 1 is 1.35 bits per heavy atom. The van der Waals surface area contributed by atoms with Gasteiger partial charge in [0.25, 0.3) is 0 Å². The third-order valence-electron chi connectivity index (χ3n) is 3.44. The van der Waals surface area contributed by atoms with Crippen molar-refractivity contribution in [3.8, 4) is 0 Å². The quantitative estimate of drug-likeness (QED) is 0.820. The standard InChI is InChI=1S/C14H26N2O4/c1-14(2,3)20-13(19)15-8-10-5-6-16(4)9-11(10)7-12(17)18/h10-11H,5-9H2,1-4H3,(H,15,19)(H,17,18)/t10-,11+/m0/s1. The van der Waals surface area contributed by atoms with Crippen LogP contribution in [0, 0.1) is 11.8 Å². The molecule has 0 aromatic carbocycles. The van der Waals surface area contributed by atoms with Gasteiger partial charge in [-0.2, -0.15) is 0 Å². The van der Waals surface area contributed by atoms with Crippen molar-refractivity contribution < 1.29 is 19.4 Å². The maximum Gasteiger partial charge on any atom is 0.407 e. The van der Waals surface area contributed by atoms with Crippen LogP contribution in [0.5, 0.6) is 0 Å². The monoisotopic (exact) mass is 286 g/mol. The van der Waals surface area contributed by atoms with Crippen LogP contribution in [0.3, 0.4) is 0 Å². The molecule has 1 heterocycles. The SMILES string of the molecule is CN1CC[C@@H](CNC(=O)OC(C)(C)C)[C@H](CC(=O)O)C1. The smallest absolute Gasteiger partial charge is 0.407 e. The summed E-state index contributed by atoms with van der Waals surface area (Å²) in [5.74, 6) is -0.524. The lowest BCUT2D eigenvalue weighted by molar-refractivity contribution is -0.139. The van der Waals surface area contributed by atoms with Gasteiger partial charge in [0.1, 0.15) is 5.60 Å². The van der Waals surface area contributed by atoms with Crippen molar-refractivity contribution in [2.75, 3.05) is 26.7 Å². The molecular formula is C14H26N2O4. The van der Waals surface area contributed by atoms with E-state index in [9.17, 15) is 9.59 Å². The molecule has 0 aromatic heterocycles. The van der Waals surface area contributed by atoms with Crippen LogP contribution >= 0.6 is 0 Å². The number of carbonyl (C=O) groups is 2. The first kappa shape index (κ1) is 16.8. The van der Waals surface area contributed by atoms with Gasteiger partial charge in [0, 0.05) is 19.5 Å². The molecule has 20 heavy (non-hydrogen) atoms. The minimum absolute atomic E-state index is 0.0705. The Morgan fingerprint density at radius 2 is 2.00 bits per heavy atom. The highest BCUT2D eigenvalue weighted by molar-refractivity contribution is 5.68. The van der Waals surface area contributed by atoms with Gasteiger partial charge in [-0.25, -0.2) is 4.79 Å². The molecule has 2 N–H and O–H groups in total. The van der Waals surface area contributed by atoms with Gasteiger partial charge in [0.2, 0.25) is 0 Å². The number of ether oxygens (including phenoxy) is 1. The lowest BCUT2D eigenvalue weighted by Gasteiger charge is -2.36. The van der Waals surface area contributed by atoms with Crippen molar-refractivity contribution in [3.05, 3.63) is 0 Å². The van der Waals surface area contributed by atoms with Crippen LogP contribution in [-0.2, 0) is 9.53 Å². The molecule has 1 saturated heterocycles. The molecule has 0 unspecified atom stereocenters. The van der Waals surface area contributed by atoms with Gasteiger partial charge in [-0.3, -0.25) is 4.79 Å². The highest BCUT2D eigenvalue weighted by atomic mass is 16.6. The third kappa shape index (κ3) is 6.23. The Labute approximate surface area is 120 Å². The first-order valence-electron chi connectivity index (χ1n) is 7.04. The summed E-state index contributed by atoms with van der Waals surface area (Å²) in [6, 6.07) is 0. The number of hydrogen-bond acceptors (Lipinski definition) is 4. The molecule has 0 aliphatic carbocycles.